The molecule has 0 amide bonds. The predicted molar refractivity (Wildman–Crippen MR) is 77.3 cm³/mol. The van der Waals surface area contributed by atoms with Crippen LogP contribution in [0.3, 0.4) is 0 Å². The Morgan fingerprint density at radius 1 is 1.35 bits per heavy atom. The molecule has 1 heterocycles. The van der Waals surface area contributed by atoms with Gasteiger partial charge >= 0.3 is 5.97 Å². The minimum absolute atomic E-state index is 0.157. The van der Waals surface area contributed by atoms with Crippen molar-refractivity contribution in [3.05, 3.63) is 45.8 Å². The van der Waals surface area contributed by atoms with E-state index in [0.717, 1.165) is 12.1 Å². The molecule has 1 aromatic heterocycles. The molecule has 1 aromatic carbocycles. The number of rotatable bonds is 4. The van der Waals surface area contributed by atoms with Crippen molar-refractivity contribution in [2.75, 3.05) is 0 Å². The number of hydrogen-bond acceptors (Lipinski definition) is 4. The fourth-order valence-electron chi connectivity index (χ4n) is 1.66. The fourth-order valence-corrected chi connectivity index (χ4v) is 1.99. The number of aromatic carboxylic acids is 1. The van der Waals surface area contributed by atoms with Crippen LogP contribution in [-0.4, -0.2) is 21.0 Å². The lowest BCUT2D eigenvalue weighted by Gasteiger charge is -2.09. The van der Waals surface area contributed by atoms with Crippen LogP contribution in [0.5, 0.6) is 11.6 Å². The number of nitrogens with zero attached hydrogens (tertiary/aromatic N) is 2. The van der Waals surface area contributed by atoms with E-state index >= 15 is 0 Å². The van der Waals surface area contributed by atoms with E-state index in [1.165, 1.54) is 12.1 Å². The topological polar surface area (TPSA) is 72.3 Å². The number of hydrogen-bond donors (Lipinski definition) is 1. The molecule has 0 aliphatic carbocycles. The number of halogens is 1. The smallest absolute Gasteiger partial charge is 0.335 e. The van der Waals surface area contributed by atoms with E-state index < -0.39 is 5.97 Å². The van der Waals surface area contributed by atoms with Gasteiger partial charge in [0.25, 0.3) is 0 Å². The maximum atomic E-state index is 11.0. The molecule has 0 aliphatic rings. The van der Waals surface area contributed by atoms with Gasteiger partial charge in [0.2, 0.25) is 5.88 Å². The third-order valence-corrected chi connectivity index (χ3v) is 3.28. The summed E-state index contributed by atoms with van der Waals surface area (Å²) in [5.41, 5.74) is 1.03. The molecule has 0 atom stereocenters. The number of ether oxygens (including phenoxy) is 1. The first-order chi connectivity index (χ1) is 9.49. The molecule has 0 fully saturated rings. The fraction of sp³-hybridized carbons (Fsp3) is 0.214. The van der Waals surface area contributed by atoms with E-state index in [9.17, 15) is 4.79 Å². The highest BCUT2D eigenvalue weighted by molar-refractivity contribution is 9.10. The predicted octanol–water partition coefficient (Wildman–Crippen LogP) is 3.60. The van der Waals surface area contributed by atoms with Crippen LogP contribution in [0.4, 0.5) is 0 Å². The van der Waals surface area contributed by atoms with E-state index in [4.69, 9.17) is 9.84 Å². The van der Waals surface area contributed by atoms with Crippen molar-refractivity contribution in [1.82, 2.24) is 9.97 Å². The normalized spacial score (nSPS) is 10.3. The molecule has 1 N–H and O–H groups in total. The molecular formula is C14H13BrN2O3. The summed E-state index contributed by atoms with van der Waals surface area (Å²) in [5, 5.41) is 9.00. The van der Waals surface area contributed by atoms with Gasteiger partial charge in [-0.3, -0.25) is 0 Å². The van der Waals surface area contributed by atoms with Crippen LogP contribution in [0, 0.1) is 6.92 Å². The Morgan fingerprint density at radius 3 is 2.75 bits per heavy atom. The number of carbonyl (C=O) groups is 1. The molecule has 0 spiro atoms. The first-order valence-corrected chi connectivity index (χ1v) is 6.84. The monoisotopic (exact) mass is 336 g/mol. The second-order valence-electron chi connectivity index (χ2n) is 4.15. The van der Waals surface area contributed by atoms with Crippen LogP contribution in [0.15, 0.2) is 28.7 Å². The quantitative estimate of drug-likeness (QED) is 0.923. The minimum atomic E-state index is -1.00. The van der Waals surface area contributed by atoms with Crippen LogP contribution in [-0.2, 0) is 6.42 Å². The molecule has 2 aromatic rings. The average Bonchev–Trinajstić information content (AvgIpc) is 2.40. The summed E-state index contributed by atoms with van der Waals surface area (Å²) in [6.07, 6.45) is 0.774. The lowest BCUT2D eigenvalue weighted by atomic mass is 10.2. The van der Waals surface area contributed by atoms with Crippen molar-refractivity contribution in [2.24, 2.45) is 0 Å². The second-order valence-corrected chi connectivity index (χ2v) is 5.01. The van der Waals surface area contributed by atoms with Crippen molar-refractivity contribution >= 4 is 21.9 Å². The molecule has 6 heteroatoms. The summed E-state index contributed by atoms with van der Waals surface area (Å²) < 4.78 is 6.33. The van der Waals surface area contributed by atoms with Crippen molar-refractivity contribution < 1.29 is 14.6 Å². The Morgan fingerprint density at radius 2 is 2.10 bits per heavy atom. The van der Waals surface area contributed by atoms with E-state index in [2.05, 4.69) is 25.9 Å². The zero-order valence-electron chi connectivity index (χ0n) is 11.1. The highest BCUT2D eigenvalue weighted by atomic mass is 79.9. The molecule has 5 nitrogen and oxygen atoms in total. The molecule has 0 saturated heterocycles. The molecule has 0 bridgehead atoms. The van der Waals surface area contributed by atoms with E-state index in [1.807, 2.05) is 6.92 Å². The number of carboxylic acid groups (broad SMARTS) is 1. The van der Waals surface area contributed by atoms with Gasteiger partial charge in [0.05, 0.1) is 10.0 Å². The third kappa shape index (κ3) is 3.33. The largest absolute Gasteiger partial charge is 0.478 e. The van der Waals surface area contributed by atoms with Crippen molar-refractivity contribution in [3.63, 3.8) is 0 Å². The minimum Gasteiger partial charge on any atom is -0.478 e. The zero-order valence-corrected chi connectivity index (χ0v) is 12.6. The molecule has 2 rings (SSSR count). The van der Waals surface area contributed by atoms with Gasteiger partial charge in [-0.25, -0.2) is 9.78 Å². The van der Waals surface area contributed by atoms with Gasteiger partial charge in [0.15, 0.2) is 0 Å². The molecular weight excluding hydrogens is 324 g/mol. The Bertz CT molecular complexity index is 659. The van der Waals surface area contributed by atoms with Crippen molar-refractivity contribution in [3.8, 4) is 11.6 Å². The number of carboxylic acids is 1. The van der Waals surface area contributed by atoms with Crippen molar-refractivity contribution in [1.29, 1.82) is 0 Å². The molecule has 0 aliphatic heterocycles. The summed E-state index contributed by atoms with van der Waals surface area (Å²) in [6, 6.07) is 6.33. The number of aryl methyl sites for hydroxylation is 2. The Labute approximate surface area is 124 Å². The number of benzene rings is 1. The lowest BCUT2D eigenvalue weighted by molar-refractivity contribution is 0.0696. The zero-order chi connectivity index (χ0) is 14.7. The average molecular weight is 337 g/mol. The number of aromatic nitrogens is 2. The highest BCUT2D eigenvalue weighted by Gasteiger charge is 2.10. The van der Waals surface area contributed by atoms with Crippen LogP contribution in [0.2, 0.25) is 0 Å². The molecule has 104 valence electrons. The van der Waals surface area contributed by atoms with Crippen molar-refractivity contribution in [2.45, 2.75) is 20.3 Å². The summed E-state index contributed by atoms with van der Waals surface area (Å²) in [6.45, 7) is 3.78. The van der Waals surface area contributed by atoms with Gasteiger partial charge in [0, 0.05) is 11.8 Å². The second kappa shape index (κ2) is 6.00. The van der Waals surface area contributed by atoms with E-state index in [-0.39, 0.29) is 5.56 Å². The van der Waals surface area contributed by atoms with Crippen LogP contribution in [0.25, 0.3) is 0 Å². The molecule has 20 heavy (non-hydrogen) atoms. The van der Waals surface area contributed by atoms with E-state index in [0.29, 0.717) is 21.9 Å². The third-order valence-electron chi connectivity index (χ3n) is 2.62. The molecule has 0 unspecified atom stereocenters. The van der Waals surface area contributed by atoms with Gasteiger partial charge in [-0.15, -0.1) is 0 Å². The highest BCUT2D eigenvalue weighted by Crippen LogP contribution is 2.30. The van der Waals surface area contributed by atoms with E-state index in [1.54, 1.807) is 19.1 Å². The first-order valence-electron chi connectivity index (χ1n) is 6.05. The SMILES string of the molecule is CCc1cc(Oc2cc(C(=O)O)ccc2Br)nc(C)n1. The van der Waals surface area contributed by atoms with Crippen LogP contribution in [0.1, 0.15) is 28.8 Å². The van der Waals surface area contributed by atoms with Gasteiger partial charge in [-0.2, -0.15) is 4.98 Å². The molecule has 0 saturated carbocycles. The van der Waals surface area contributed by atoms with Gasteiger partial charge in [-0.1, -0.05) is 6.92 Å². The Balaban J connectivity index is 2.36. The van der Waals surface area contributed by atoms with Gasteiger partial charge in [-0.05, 0) is 47.5 Å². The summed E-state index contributed by atoms with van der Waals surface area (Å²) in [5.74, 6) is 0.419. The van der Waals surface area contributed by atoms with Gasteiger partial charge in [0.1, 0.15) is 11.6 Å². The summed E-state index contributed by atoms with van der Waals surface area (Å²) >= 11 is 3.33. The Hall–Kier alpha value is -1.95. The van der Waals surface area contributed by atoms with Crippen LogP contribution < -0.4 is 4.74 Å². The standard InChI is InChI=1S/C14H13BrN2O3/c1-3-10-7-13(17-8(2)16-10)20-12-6-9(14(18)19)4-5-11(12)15/h4-7H,3H2,1-2H3,(H,18,19). The summed E-state index contributed by atoms with van der Waals surface area (Å²) in [4.78, 5) is 19.4. The molecule has 0 radical (unpaired) electrons. The maximum absolute atomic E-state index is 11.0. The van der Waals surface area contributed by atoms with Gasteiger partial charge < -0.3 is 9.84 Å². The Kier molecular flexibility index (Phi) is 4.34. The summed E-state index contributed by atoms with van der Waals surface area (Å²) in [7, 11) is 0. The van der Waals surface area contributed by atoms with Crippen LogP contribution >= 0.6 is 15.9 Å². The lowest BCUT2D eigenvalue weighted by Crippen LogP contribution is -1.99. The maximum Gasteiger partial charge on any atom is 0.335 e. The first kappa shape index (κ1) is 14.5.